The van der Waals surface area contributed by atoms with E-state index in [1.165, 1.54) is 5.56 Å². The number of nitrogens with one attached hydrogen (secondary N) is 1. The molecule has 20 heavy (non-hydrogen) atoms. The summed E-state index contributed by atoms with van der Waals surface area (Å²) >= 11 is 0. The lowest BCUT2D eigenvalue weighted by atomic mass is 10.0. The van der Waals surface area contributed by atoms with Crippen LogP contribution in [0.1, 0.15) is 36.8 Å². The molecule has 0 saturated carbocycles. The number of aromatic nitrogens is 3. The van der Waals surface area contributed by atoms with Crippen molar-refractivity contribution in [2.75, 3.05) is 7.11 Å². The highest BCUT2D eigenvalue weighted by Crippen LogP contribution is 2.26. The number of aryl methyl sites for hydroxylation is 2. The fourth-order valence-electron chi connectivity index (χ4n) is 2.21. The monoisotopic (exact) mass is 274 g/mol. The summed E-state index contributed by atoms with van der Waals surface area (Å²) in [5, 5.41) is 11.5. The minimum absolute atomic E-state index is 0.188. The van der Waals surface area contributed by atoms with Crippen LogP contribution in [0.3, 0.4) is 0 Å². The topological polar surface area (TPSA) is 52.0 Å². The maximum Gasteiger partial charge on any atom is 0.146 e. The van der Waals surface area contributed by atoms with Crippen molar-refractivity contribution in [1.82, 2.24) is 20.1 Å². The van der Waals surface area contributed by atoms with Gasteiger partial charge in [0.05, 0.1) is 13.7 Å². The van der Waals surface area contributed by atoms with E-state index >= 15 is 0 Å². The van der Waals surface area contributed by atoms with Gasteiger partial charge in [0, 0.05) is 18.2 Å². The molecular weight excluding hydrogens is 252 g/mol. The summed E-state index contributed by atoms with van der Waals surface area (Å²) in [6.07, 6.45) is 1.76. The van der Waals surface area contributed by atoms with Gasteiger partial charge in [-0.2, -0.15) is 0 Å². The lowest BCUT2D eigenvalue weighted by Crippen LogP contribution is -2.21. The first kappa shape index (κ1) is 14.5. The van der Waals surface area contributed by atoms with Crippen molar-refractivity contribution < 1.29 is 4.74 Å². The highest BCUT2D eigenvalue weighted by Gasteiger charge is 2.12. The zero-order valence-corrected chi connectivity index (χ0v) is 12.6. The molecule has 0 fully saturated rings. The maximum absolute atomic E-state index is 5.46. The van der Waals surface area contributed by atoms with Crippen molar-refractivity contribution in [1.29, 1.82) is 0 Å². The smallest absolute Gasteiger partial charge is 0.146 e. The van der Waals surface area contributed by atoms with Gasteiger partial charge in [0.25, 0.3) is 0 Å². The lowest BCUT2D eigenvalue weighted by Gasteiger charge is -2.17. The Morgan fingerprint density at radius 2 is 2.20 bits per heavy atom. The van der Waals surface area contributed by atoms with Crippen molar-refractivity contribution in [3.63, 3.8) is 0 Å². The zero-order valence-electron chi connectivity index (χ0n) is 12.6. The minimum Gasteiger partial charge on any atom is -0.496 e. The predicted molar refractivity (Wildman–Crippen MR) is 78.7 cm³/mol. The molecule has 1 aromatic carbocycles. The van der Waals surface area contributed by atoms with Crippen LogP contribution in [0.5, 0.6) is 5.75 Å². The van der Waals surface area contributed by atoms with Crippen molar-refractivity contribution in [3.8, 4) is 5.75 Å². The standard InChI is InChI=1S/C15H22N4O/c1-5-19-10-17-18-15(19)9-16-12(3)13-7-6-11(2)8-14(13)20-4/h6-8,10,12,16H,5,9H2,1-4H3. The van der Waals surface area contributed by atoms with Crippen LogP contribution in [0.2, 0.25) is 0 Å². The highest BCUT2D eigenvalue weighted by molar-refractivity contribution is 5.39. The SMILES string of the molecule is CCn1cnnc1CNC(C)c1ccc(C)cc1OC. The van der Waals surface area contributed by atoms with Gasteiger partial charge in [-0.3, -0.25) is 0 Å². The number of benzene rings is 1. The molecule has 1 unspecified atom stereocenters. The summed E-state index contributed by atoms with van der Waals surface area (Å²) in [7, 11) is 1.71. The molecule has 2 aromatic rings. The molecule has 0 bridgehead atoms. The molecule has 0 spiro atoms. The fraction of sp³-hybridized carbons (Fsp3) is 0.467. The highest BCUT2D eigenvalue weighted by atomic mass is 16.5. The van der Waals surface area contributed by atoms with Gasteiger partial charge in [-0.15, -0.1) is 10.2 Å². The molecule has 1 aromatic heterocycles. The number of nitrogens with zero attached hydrogens (tertiary/aromatic N) is 3. The second kappa shape index (κ2) is 6.52. The Hall–Kier alpha value is -1.88. The minimum atomic E-state index is 0.188. The van der Waals surface area contributed by atoms with Crippen LogP contribution in [0.4, 0.5) is 0 Å². The molecule has 1 N–H and O–H groups in total. The lowest BCUT2D eigenvalue weighted by molar-refractivity contribution is 0.400. The third kappa shape index (κ3) is 3.17. The van der Waals surface area contributed by atoms with Gasteiger partial charge < -0.3 is 14.6 Å². The van der Waals surface area contributed by atoms with E-state index in [-0.39, 0.29) is 6.04 Å². The van der Waals surface area contributed by atoms with E-state index in [1.807, 2.05) is 4.57 Å². The van der Waals surface area contributed by atoms with Crippen molar-refractivity contribution >= 4 is 0 Å². The number of hydrogen-bond acceptors (Lipinski definition) is 4. The van der Waals surface area contributed by atoms with Gasteiger partial charge in [0.1, 0.15) is 17.9 Å². The molecule has 5 nitrogen and oxygen atoms in total. The van der Waals surface area contributed by atoms with E-state index in [9.17, 15) is 0 Å². The first-order valence-corrected chi connectivity index (χ1v) is 6.90. The van der Waals surface area contributed by atoms with E-state index in [2.05, 4.69) is 54.5 Å². The van der Waals surface area contributed by atoms with Crippen molar-refractivity contribution in [2.24, 2.45) is 0 Å². The third-order valence-electron chi connectivity index (χ3n) is 3.46. The first-order valence-electron chi connectivity index (χ1n) is 6.90. The van der Waals surface area contributed by atoms with Gasteiger partial charge in [-0.05, 0) is 32.4 Å². The molecule has 1 heterocycles. The second-order valence-corrected chi connectivity index (χ2v) is 4.88. The normalized spacial score (nSPS) is 12.4. The van der Waals surface area contributed by atoms with E-state index in [1.54, 1.807) is 13.4 Å². The number of ether oxygens (including phenoxy) is 1. The summed E-state index contributed by atoms with van der Waals surface area (Å²) in [6, 6.07) is 6.45. The van der Waals surface area contributed by atoms with Crippen LogP contribution < -0.4 is 10.1 Å². The Bertz CT molecular complexity index is 565. The summed E-state index contributed by atoms with van der Waals surface area (Å²) in [5.74, 6) is 1.87. The van der Waals surface area contributed by atoms with Crippen LogP contribution in [-0.2, 0) is 13.1 Å². The summed E-state index contributed by atoms with van der Waals surface area (Å²) in [4.78, 5) is 0. The van der Waals surface area contributed by atoms with Gasteiger partial charge in [0.2, 0.25) is 0 Å². The van der Waals surface area contributed by atoms with E-state index < -0.39 is 0 Å². The average Bonchev–Trinajstić information content (AvgIpc) is 2.92. The summed E-state index contributed by atoms with van der Waals surface area (Å²) in [5.41, 5.74) is 2.35. The molecule has 1 atom stereocenters. The molecule has 0 amide bonds. The van der Waals surface area contributed by atoms with E-state index in [4.69, 9.17) is 4.74 Å². The van der Waals surface area contributed by atoms with Crippen LogP contribution in [0.25, 0.3) is 0 Å². The average molecular weight is 274 g/mol. The Labute approximate surface area is 120 Å². The van der Waals surface area contributed by atoms with Gasteiger partial charge in [-0.25, -0.2) is 0 Å². The quantitative estimate of drug-likeness (QED) is 0.879. The van der Waals surface area contributed by atoms with Crippen LogP contribution in [0, 0.1) is 6.92 Å². The number of methoxy groups -OCH3 is 1. The molecule has 2 rings (SSSR count). The summed E-state index contributed by atoms with van der Waals surface area (Å²) in [6.45, 7) is 7.84. The van der Waals surface area contributed by atoms with E-state index in [0.29, 0.717) is 6.54 Å². The van der Waals surface area contributed by atoms with Crippen LogP contribution >= 0.6 is 0 Å². The Balaban J connectivity index is 2.07. The maximum atomic E-state index is 5.46. The summed E-state index contributed by atoms with van der Waals surface area (Å²) < 4.78 is 7.49. The molecule has 0 aliphatic carbocycles. The number of hydrogen-bond donors (Lipinski definition) is 1. The largest absolute Gasteiger partial charge is 0.496 e. The van der Waals surface area contributed by atoms with Crippen molar-refractivity contribution in [2.45, 2.75) is 39.9 Å². The Morgan fingerprint density at radius 1 is 1.40 bits per heavy atom. The number of rotatable bonds is 6. The zero-order chi connectivity index (χ0) is 14.5. The van der Waals surface area contributed by atoms with Gasteiger partial charge >= 0.3 is 0 Å². The predicted octanol–water partition coefficient (Wildman–Crippen LogP) is 2.47. The molecule has 0 aliphatic heterocycles. The molecular formula is C15H22N4O. The third-order valence-corrected chi connectivity index (χ3v) is 3.46. The van der Waals surface area contributed by atoms with Crippen LogP contribution in [-0.4, -0.2) is 21.9 Å². The first-order chi connectivity index (χ1) is 9.65. The van der Waals surface area contributed by atoms with E-state index in [0.717, 1.165) is 23.7 Å². The van der Waals surface area contributed by atoms with Gasteiger partial charge in [0.15, 0.2) is 0 Å². The Kier molecular flexibility index (Phi) is 4.74. The molecule has 0 aliphatic rings. The van der Waals surface area contributed by atoms with Crippen LogP contribution in [0.15, 0.2) is 24.5 Å². The molecule has 5 heteroatoms. The van der Waals surface area contributed by atoms with Gasteiger partial charge in [-0.1, -0.05) is 12.1 Å². The molecule has 108 valence electrons. The second-order valence-electron chi connectivity index (χ2n) is 4.88. The molecule has 0 saturated heterocycles. The Morgan fingerprint density at radius 3 is 2.90 bits per heavy atom. The van der Waals surface area contributed by atoms with Crippen molar-refractivity contribution in [3.05, 3.63) is 41.5 Å². The molecule has 0 radical (unpaired) electrons. The fourth-order valence-corrected chi connectivity index (χ4v) is 2.21.